The van der Waals surface area contributed by atoms with E-state index in [9.17, 15) is 0 Å². The molecule has 0 fully saturated rings. The molecule has 4 heterocycles. The van der Waals surface area contributed by atoms with Gasteiger partial charge < -0.3 is 18.8 Å². The topological polar surface area (TPSA) is 88.6 Å². The summed E-state index contributed by atoms with van der Waals surface area (Å²) in [6.45, 7) is 3.39. The molecule has 2 aromatic carbocycles. The van der Waals surface area contributed by atoms with Gasteiger partial charge in [-0.15, -0.1) is 10.2 Å². The lowest BCUT2D eigenvalue weighted by Crippen LogP contribution is -2.13. The summed E-state index contributed by atoms with van der Waals surface area (Å²) >= 11 is 0. The lowest BCUT2D eigenvalue weighted by molar-refractivity contribution is 0.174. The minimum absolute atomic E-state index is 0.154. The van der Waals surface area contributed by atoms with Crippen molar-refractivity contribution in [1.29, 1.82) is 0 Å². The SMILES string of the molecule is COCc1nnc2n1Cc1c(C3=N[C@@H](c4ccccc4OC)CO3)ncn1-c1ccc(C)cc1-2. The molecule has 0 amide bonds. The van der Waals surface area contributed by atoms with E-state index in [1.165, 1.54) is 0 Å². The van der Waals surface area contributed by atoms with Gasteiger partial charge in [-0.05, 0) is 25.1 Å². The molecule has 34 heavy (non-hydrogen) atoms. The number of aromatic nitrogens is 5. The van der Waals surface area contributed by atoms with Gasteiger partial charge in [-0.3, -0.25) is 4.57 Å². The van der Waals surface area contributed by atoms with Gasteiger partial charge >= 0.3 is 0 Å². The van der Waals surface area contributed by atoms with Crippen LogP contribution in [0.15, 0.2) is 53.8 Å². The lowest BCUT2D eigenvalue weighted by atomic mass is 10.1. The van der Waals surface area contributed by atoms with Gasteiger partial charge in [0.2, 0.25) is 5.90 Å². The minimum Gasteiger partial charge on any atom is -0.496 e. The average molecular weight is 457 g/mol. The molecule has 4 aromatic rings. The van der Waals surface area contributed by atoms with Gasteiger partial charge in [0, 0.05) is 18.2 Å². The monoisotopic (exact) mass is 456 g/mol. The fourth-order valence-electron chi connectivity index (χ4n) is 4.64. The van der Waals surface area contributed by atoms with Crippen molar-refractivity contribution in [1.82, 2.24) is 24.3 Å². The number of imidazole rings is 1. The first-order chi connectivity index (χ1) is 16.7. The molecular formula is C25H24N6O3. The number of rotatable bonds is 5. The third kappa shape index (κ3) is 3.19. The van der Waals surface area contributed by atoms with E-state index in [1.54, 1.807) is 14.2 Å². The minimum atomic E-state index is -0.154. The van der Waals surface area contributed by atoms with Crippen LogP contribution in [0.2, 0.25) is 0 Å². The summed E-state index contributed by atoms with van der Waals surface area (Å²) < 4.78 is 21.2. The first-order valence-corrected chi connectivity index (χ1v) is 11.1. The van der Waals surface area contributed by atoms with Crippen LogP contribution in [-0.4, -0.2) is 51.0 Å². The molecule has 9 heteroatoms. The predicted molar refractivity (Wildman–Crippen MR) is 125 cm³/mol. The number of nitrogens with zero attached hydrogens (tertiary/aromatic N) is 6. The maximum Gasteiger partial charge on any atom is 0.238 e. The summed E-state index contributed by atoms with van der Waals surface area (Å²) in [7, 11) is 3.33. The van der Waals surface area contributed by atoms with Crippen LogP contribution in [-0.2, 0) is 22.6 Å². The molecule has 0 N–H and O–H groups in total. The Morgan fingerprint density at radius 3 is 2.85 bits per heavy atom. The van der Waals surface area contributed by atoms with Gasteiger partial charge in [-0.2, -0.15) is 0 Å². The van der Waals surface area contributed by atoms with Crippen molar-refractivity contribution in [2.24, 2.45) is 4.99 Å². The van der Waals surface area contributed by atoms with Crippen LogP contribution < -0.4 is 4.74 Å². The number of aryl methyl sites for hydroxylation is 1. The Hall–Kier alpha value is -3.98. The molecule has 0 radical (unpaired) electrons. The summed E-state index contributed by atoms with van der Waals surface area (Å²) in [5.74, 6) is 2.89. The van der Waals surface area contributed by atoms with E-state index in [-0.39, 0.29) is 6.04 Å². The van der Waals surface area contributed by atoms with Gasteiger partial charge in [0.15, 0.2) is 11.6 Å². The van der Waals surface area contributed by atoms with E-state index in [2.05, 4.69) is 44.5 Å². The number of benzene rings is 2. The van der Waals surface area contributed by atoms with Crippen LogP contribution in [0.25, 0.3) is 17.1 Å². The molecule has 0 unspecified atom stereocenters. The van der Waals surface area contributed by atoms with Crippen LogP contribution in [0.4, 0.5) is 0 Å². The van der Waals surface area contributed by atoms with E-state index in [0.717, 1.165) is 45.5 Å². The predicted octanol–water partition coefficient (Wildman–Crippen LogP) is 3.47. The summed E-state index contributed by atoms with van der Waals surface area (Å²) in [6.07, 6.45) is 1.83. The number of ether oxygens (including phenoxy) is 3. The first-order valence-electron chi connectivity index (χ1n) is 11.1. The molecule has 2 aromatic heterocycles. The van der Waals surface area contributed by atoms with Crippen molar-refractivity contribution in [2.45, 2.75) is 26.1 Å². The maximum absolute atomic E-state index is 6.08. The highest BCUT2D eigenvalue weighted by atomic mass is 16.5. The fourth-order valence-corrected chi connectivity index (χ4v) is 4.64. The summed E-state index contributed by atoms with van der Waals surface area (Å²) in [6, 6.07) is 14.0. The van der Waals surface area contributed by atoms with E-state index in [4.69, 9.17) is 24.2 Å². The lowest BCUT2D eigenvalue weighted by Gasteiger charge is -2.10. The molecule has 2 aliphatic heterocycles. The zero-order valence-electron chi connectivity index (χ0n) is 19.2. The van der Waals surface area contributed by atoms with Gasteiger partial charge in [0.25, 0.3) is 0 Å². The average Bonchev–Trinajstić information content (AvgIpc) is 3.57. The second-order valence-electron chi connectivity index (χ2n) is 8.39. The van der Waals surface area contributed by atoms with E-state index >= 15 is 0 Å². The van der Waals surface area contributed by atoms with Crippen LogP contribution in [0.1, 0.15) is 34.4 Å². The van der Waals surface area contributed by atoms with E-state index in [0.29, 0.717) is 31.4 Å². The molecule has 0 saturated heterocycles. The summed E-state index contributed by atoms with van der Waals surface area (Å²) in [5.41, 5.74) is 5.81. The number of methoxy groups -OCH3 is 2. The maximum atomic E-state index is 6.08. The Bertz CT molecular complexity index is 1420. The Kier molecular flexibility index (Phi) is 4.91. The van der Waals surface area contributed by atoms with Crippen molar-refractivity contribution < 1.29 is 14.2 Å². The van der Waals surface area contributed by atoms with Crippen molar-refractivity contribution in [3.8, 4) is 22.8 Å². The first kappa shape index (κ1) is 20.6. The van der Waals surface area contributed by atoms with Gasteiger partial charge in [0.1, 0.15) is 37.0 Å². The van der Waals surface area contributed by atoms with Crippen LogP contribution in [0.5, 0.6) is 5.75 Å². The van der Waals surface area contributed by atoms with Crippen LogP contribution >= 0.6 is 0 Å². The molecule has 0 aliphatic carbocycles. The van der Waals surface area contributed by atoms with E-state index in [1.807, 2.05) is 30.6 Å². The summed E-state index contributed by atoms with van der Waals surface area (Å²) in [5, 5.41) is 8.90. The van der Waals surface area contributed by atoms with Crippen molar-refractivity contribution in [2.75, 3.05) is 20.8 Å². The Morgan fingerprint density at radius 1 is 1.12 bits per heavy atom. The highest BCUT2D eigenvalue weighted by Gasteiger charge is 2.31. The van der Waals surface area contributed by atoms with Crippen LogP contribution in [0.3, 0.4) is 0 Å². The Balaban J connectivity index is 1.48. The van der Waals surface area contributed by atoms with Gasteiger partial charge in [0.05, 0.1) is 25.0 Å². The van der Waals surface area contributed by atoms with E-state index < -0.39 is 0 Å². The zero-order valence-corrected chi connectivity index (χ0v) is 19.2. The molecule has 2 aliphatic rings. The molecule has 0 spiro atoms. The number of hydrogen-bond acceptors (Lipinski definition) is 7. The van der Waals surface area contributed by atoms with Crippen molar-refractivity contribution >= 4 is 5.90 Å². The van der Waals surface area contributed by atoms with Crippen LogP contribution in [0, 0.1) is 6.92 Å². The molecular weight excluding hydrogens is 432 g/mol. The number of para-hydroxylation sites is 1. The smallest absolute Gasteiger partial charge is 0.238 e. The normalized spacial score (nSPS) is 16.2. The Labute approximate surface area is 196 Å². The molecule has 6 rings (SSSR count). The van der Waals surface area contributed by atoms with Crippen molar-refractivity contribution in [3.63, 3.8) is 0 Å². The van der Waals surface area contributed by atoms with Crippen molar-refractivity contribution in [3.05, 3.63) is 77.1 Å². The largest absolute Gasteiger partial charge is 0.496 e. The highest BCUT2D eigenvalue weighted by molar-refractivity contribution is 5.95. The standard InChI is InChI=1S/C25H24N6O3/c1-15-8-9-19-17(10-15)24-29-28-22(13-32-2)30(24)11-20-23(26-14-31(19)20)25-27-18(12-34-25)16-6-4-5-7-21(16)33-3/h4-10,14,18H,11-13H2,1-3H3/t18-/m1/s1. The number of fused-ring (bicyclic) bond motifs is 5. The van der Waals surface area contributed by atoms with Gasteiger partial charge in [-0.25, -0.2) is 9.98 Å². The third-order valence-corrected chi connectivity index (χ3v) is 6.28. The second-order valence-corrected chi connectivity index (χ2v) is 8.39. The number of hydrogen-bond donors (Lipinski definition) is 0. The Morgan fingerprint density at radius 2 is 2.00 bits per heavy atom. The quantitative estimate of drug-likeness (QED) is 0.402. The molecule has 0 saturated carbocycles. The number of aliphatic imine (C=N–C) groups is 1. The molecule has 172 valence electrons. The molecule has 9 nitrogen and oxygen atoms in total. The fraction of sp³-hybridized carbons (Fsp3) is 0.280. The molecule has 0 bridgehead atoms. The highest BCUT2D eigenvalue weighted by Crippen LogP contribution is 2.35. The third-order valence-electron chi connectivity index (χ3n) is 6.28. The zero-order chi connectivity index (χ0) is 23.2. The van der Waals surface area contributed by atoms with Gasteiger partial charge in [-0.1, -0.05) is 29.8 Å². The summed E-state index contributed by atoms with van der Waals surface area (Å²) in [4.78, 5) is 9.63. The second kappa shape index (κ2) is 8.11. The molecule has 1 atom stereocenters.